The molecule has 0 heterocycles. The van der Waals surface area contributed by atoms with E-state index >= 15 is 0 Å². The molecule has 0 aliphatic carbocycles. The Hall–Kier alpha value is -2.41. The molecule has 0 saturated heterocycles. The molecule has 0 saturated carbocycles. The predicted molar refractivity (Wildman–Crippen MR) is 96.9 cm³/mol. The largest absolute Gasteiger partial charge is 0.305 e. The van der Waals surface area contributed by atoms with E-state index in [1.165, 1.54) is 22.3 Å². The van der Waals surface area contributed by atoms with Gasteiger partial charge in [-0.25, -0.2) is 0 Å². The van der Waals surface area contributed by atoms with Gasteiger partial charge in [-0.15, -0.1) is 13.2 Å². The van der Waals surface area contributed by atoms with Gasteiger partial charge in [0.25, 0.3) is 0 Å². The van der Waals surface area contributed by atoms with Crippen LogP contribution in [-0.4, -0.2) is 5.71 Å². The monoisotopic (exact) mass is 289 g/mol. The highest BCUT2D eigenvalue weighted by molar-refractivity contribution is 5.98. The zero-order valence-corrected chi connectivity index (χ0v) is 13.4. The van der Waals surface area contributed by atoms with Crippen molar-refractivity contribution in [1.29, 1.82) is 5.41 Å². The van der Waals surface area contributed by atoms with Crippen LogP contribution in [0.25, 0.3) is 11.1 Å². The number of rotatable bonds is 6. The van der Waals surface area contributed by atoms with E-state index in [2.05, 4.69) is 44.3 Å². The number of allylic oxidation sites excluding steroid dienone is 2. The Balaban J connectivity index is 2.68. The van der Waals surface area contributed by atoms with Crippen molar-refractivity contribution in [3.8, 4) is 11.1 Å². The Labute approximate surface area is 133 Å². The Bertz CT molecular complexity index is 695. The van der Waals surface area contributed by atoms with Gasteiger partial charge >= 0.3 is 0 Å². The van der Waals surface area contributed by atoms with Crippen LogP contribution in [-0.2, 0) is 0 Å². The van der Waals surface area contributed by atoms with E-state index in [1.54, 1.807) is 0 Å². The molecular weight excluding hydrogens is 266 g/mol. The summed E-state index contributed by atoms with van der Waals surface area (Å²) in [5.74, 6) is 0.235. The molecule has 1 heteroatoms. The van der Waals surface area contributed by atoms with Gasteiger partial charge in [0.05, 0.1) is 0 Å². The summed E-state index contributed by atoms with van der Waals surface area (Å²) in [5, 5.41) is 8.02. The first kappa shape index (κ1) is 16.0. The molecular formula is C21H23N. The van der Waals surface area contributed by atoms with Crippen molar-refractivity contribution in [1.82, 2.24) is 0 Å². The van der Waals surface area contributed by atoms with Crippen molar-refractivity contribution in [3.05, 3.63) is 84.5 Å². The number of hydrogen-bond acceptors (Lipinski definition) is 1. The molecule has 22 heavy (non-hydrogen) atoms. The molecule has 2 aromatic carbocycles. The molecule has 2 rings (SSSR count). The first-order valence-corrected chi connectivity index (χ1v) is 7.57. The van der Waals surface area contributed by atoms with E-state index in [9.17, 15) is 0 Å². The van der Waals surface area contributed by atoms with Gasteiger partial charge in [-0.2, -0.15) is 0 Å². The van der Waals surface area contributed by atoms with E-state index < -0.39 is 0 Å². The quantitative estimate of drug-likeness (QED) is 0.506. The van der Waals surface area contributed by atoms with E-state index in [-0.39, 0.29) is 5.92 Å². The third-order valence-corrected chi connectivity index (χ3v) is 4.07. The highest BCUT2D eigenvalue weighted by atomic mass is 14.4. The van der Waals surface area contributed by atoms with Gasteiger partial charge in [0.2, 0.25) is 0 Å². The van der Waals surface area contributed by atoms with Gasteiger partial charge in [-0.3, -0.25) is 0 Å². The zero-order chi connectivity index (χ0) is 16.1. The second kappa shape index (κ2) is 7.04. The summed E-state index contributed by atoms with van der Waals surface area (Å²) in [6.07, 6.45) is 4.76. The molecule has 0 amide bonds. The highest BCUT2D eigenvalue weighted by Crippen LogP contribution is 2.33. The third kappa shape index (κ3) is 3.25. The fourth-order valence-electron chi connectivity index (χ4n) is 2.79. The van der Waals surface area contributed by atoms with Gasteiger partial charge in [0, 0.05) is 11.6 Å². The molecule has 0 fully saturated rings. The van der Waals surface area contributed by atoms with E-state index in [0.717, 1.165) is 12.0 Å². The van der Waals surface area contributed by atoms with Crippen molar-refractivity contribution < 1.29 is 0 Å². The topological polar surface area (TPSA) is 23.9 Å². The second-order valence-corrected chi connectivity index (χ2v) is 5.60. The Morgan fingerprint density at radius 1 is 1.18 bits per heavy atom. The average molecular weight is 289 g/mol. The molecule has 2 aromatic rings. The van der Waals surface area contributed by atoms with Crippen LogP contribution < -0.4 is 0 Å². The first-order valence-electron chi connectivity index (χ1n) is 7.57. The number of nitrogens with one attached hydrogen (secondary N) is 1. The van der Waals surface area contributed by atoms with E-state index in [0.29, 0.717) is 5.71 Å². The Kier molecular flexibility index (Phi) is 5.11. The van der Waals surface area contributed by atoms with Crippen molar-refractivity contribution in [2.24, 2.45) is 0 Å². The molecule has 0 aliphatic heterocycles. The normalized spacial score (nSPS) is 11.7. The van der Waals surface area contributed by atoms with Crippen LogP contribution in [0.2, 0.25) is 0 Å². The van der Waals surface area contributed by atoms with Crippen LogP contribution in [0.15, 0.2) is 67.8 Å². The fraction of sp³-hybridized carbons (Fsp3) is 0.190. The average Bonchev–Trinajstić information content (AvgIpc) is 2.53. The minimum Gasteiger partial charge on any atom is -0.305 e. The maximum Gasteiger partial charge on any atom is 0.0355 e. The fourth-order valence-corrected chi connectivity index (χ4v) is 2.79. The summed E-state index contributed by atoms with van der Waals surface area (Å²) in [6, 6.07) is 14.6. The van der Waals surface area contributed by atoms with Crippen LogP contribution in [0.4, 0.5) is 0 Å². The minimum absolute atomic E-state index is 0.235. The maximum absolute atomic E-state index is 8.02. The molecule has 0 bridgehead atoms. The molecule has 0 aromatic heterocycles. The summed E-state index contributed by atoms with van der Waals surface area (Å²) in [7, 11) is 0. The highest BCUT2D eigenvalue weighted by Gasteiger charge is 2.15. The van der Waals surface area contributed by atoms with Crippen LogP contribution in [0.3, 0.4) is 0 Å². The molecule has 1 N–H and O–H groups in total. The van der Waals surface area contributed by atoms with Gasteiger partial charge in [0.1, 0.15) is 0 Å². The summed E-state index contributed by atoms with van der Waals surface area (Å²) in [4.78, 5) is 0. The lowest BCUT2D eigenvalue weighted by Crippen LogP contribution is -2.03. The van der Waals surface area contributed by atoms with E-state index in [4.69, 9.17) is 5.41 Å². The van der Waals surface area contributed by atoms with Crippen LogP contribution >= 0.6 is 0 Å². The third-order valence-electron chi connectivity index (χ3n) is 4.07. The van der Waals surface area contributed by atoms with Gasteiger partial charge in [-0.1, -0.05) is 42.5 Å². The summed E-state index contributed by atoms with van der Waals surface area (Å²) in [5.41, 5.74) is 6.41. The molecule has 1 atom stereocenters. The standard InChI is InChI=1S/C21H23N/c1-5-10-17(6-2)20-13-19(16(4)22)14-21(15(20)3)18-11-8-7-9-12-18/h5-9,11-14,17,22H,1-2,10H2,3-4H3. The molecule has 1 nitrogen and oxygen atoms in total. The van der Waals surface area contributed by atoms with Gasteiger partial charge in [0.15, 0.2) is 0 Å². The van der Waals surface area contributed by atoms with Gasteiger partial charge < -0.3 is 5.41 Å². The van der Waals surface area contributed by atoms with Crippen LogP contribution in [0, 0.1) is 12.3 Å². The van der Waals surface area contributed by atoms with Gasteiger partial charge in [-0.05, 0) is 60.2 Å². The molecule has 1 unspecified atom stereocenters. The smallest absolute Gasteiger partial charge is 0.0355 e. The van der Waals surface area contributed by atoms with Crippen LogP contribution in [0.1, 0.15) is 36.0 Å². The molecule has 0 spiro atoms. The summed E-state index contributed by atoms with van der Waals surface area (Å²) in [6.45, 7) is 11.8. The molecule has 0 radical (unpaired) electrons. The van der Waals surface area contributed by atoms with E-state index in [1.807, 2.05) is 37.3 Å². The molecule has 0 aliphatic rings. The van der Waals surface area contributed by atoms with Crippen LogP contribution in [0.5, 0.6) is 0 Å². The van der Waals surface area contributed by atoms with Crippen molar-refractivity contribution in [2.75, 3.05) is 0 Å². The first-order chi connectivity index (χ1) is 10.6. The van der Waals surface area contributed by atoms with Crippen molar-refractivity contribution in [3.63, 3.8) is 0 Å². The SMILES string of the molecule is C=CCC(C=C)c1cc(C(C)=N)cc(-c2ccccc2)c1C. The lowest BCUT2D eigenvalue weighted by Gasteiger charge is -2.19. The Morgan fingerprint density at radius 3 is 2.41 bits per heavy atom. The Morgan fingerprint density at radius 2 is 1.86 bits per heavy atom. The molecule has 112 valence electrons. The zero-order valence-electron chi connectivity index (χ0n) is 13.4. The lowest BCUT2D eigenvalue weighted by atomic mass is 9.85. The minimum atomic E-state index is 0.235. The maximum atomic E-state index is 8.02. The lowest BCUT2D eigenvalue weighted by molar-refractivity contribution is 0.858. The summed E-state index contributed by atoms with van der Waals surface area (Å²) >= 11 is 0. The number of benzene rings is 2. The summed E-state index contributed by atoms with van der Waals surface area (Å²) < 4.78 is 0. The predicted octanol–water partition coefficient (Wildman–Crippen LogP) is 5.90. The van der Waals surface area contributed by atoms with Crippen molar-refractivity contribution in [2.45, 2.75) is 26.2 Å². The number of hydrogen-bond donors (Lipinski definition) is 1. The van der Waals surface area contributed by atoms with Crippen molar-refractivity contribution >= 4 is 5.71 Å². The second-order valence-electron chi connectivity index (χ2n) is 5.60.